The van der Waals surface area contributed by atoms with Crippen LogP contribution in [0.3, 0.4) is 0 Å². The summed E-state index contributed by atoms with van der Waals surface area (Å²) in [4.78, 5) is 0. The van der Waals surface area contributed by atoms with Crippen LogP contribution in [0, 0.1) is 0 Å². The highest BCUT2D eigenvalue weighted by atomic mass is 16.5. The molecule has 0 bridgehead atoms. The summed E-state index contributed by atoms with van der Waals surface area (Å²) < 4.78 is 0. The van der Waals surface area contributed by atoms with E-state index in [4.69, 9.17) is 5.21 Å². The molecule has 0 aromatic carbocycles. The minimum Gasteiger partial charge on any atom is -0.289 e. The van der Waals surface area contributed by atoms with Crippen LogP contribution in [0.5, 0.6) is 0 Å². The Balaban J connectivity index is 2.66. The first-order valence-corrected chi connectivity index (χ1v) is 2.83. The maximum atomic E-state index is 8.87. The Hall–Kier alpha value is -0.980. The maximum Gasteiger partial charge on any atom is 0.0454 e. The third-order valence-electron chi connectivity index (χ3n) is 1.22. The van der Waals surface area contributed by atoms with Crippen molar-refractivity contribution in [3.8, 4) is 0 Å². The van der Waals surface area contributed by atoms with Gasteiger partial charge in [-0.2, -0.15) is 0 Å². The minimum atomic E-state index is 0.767. The van der Waals surface area contributed by atoms with Crippen LogP contribution >= 0.6 is 0 Å². The summed E-state index contributed by atoms with van der Waals surface area (Å²) in [6.45, 7) is 0. The van der Waals surface area contributed by atoms with Gasteiger partial charge in [-0.25, -0.2) is 0 Å². The minimum absolute atomic E-state index is 0.767. The number of rotatable bonds is 1. The van der Waals surface area contributed by atoms with Crippen molar-refractivity contribution in [1.29, 1.82) is 0 Å². The molecule has 0 heterocycles. The van der Waals surface area contributed by atoms with Crippen molar-refractivity contribution in [2.24, 2.45) is 0 Å². The lowest BCUT2D eigenvalue weighted by atomic mass is 10.2. The summed E-state index contributed by atoms with van der Waals surface area (Å²) in [5, 5.41) is 9.99. The van der Waals surface area contributed by atoms with Crippen molar-refractivity contribution in [3.05, 3.63) is 29.7 Å². The molecule has 2 nitrogen and oxygen atoms in total. The number of nitrogens with zero attached hydrogens (tertiary/aromatic N) is 1. The Morgan fingerprint density at radius 1 is 1.78 bits per heavy atom. The van der Waals surface area contributed by atoms with E-state index in [0.29, 0.717) is 0 Å². The molecule has 0 spiro atoms. The zero-order valence-corrected chi connectivity index (χ0v) is 5.33. The predicted octanol–water partition coefficient (Wildman–Crippen LogP) is 1.31. The Morgan fingerprint density at radius 3 is 2.89 bits per heavy atom. The van der Waals surface area contributed by atoms with Gasteiger partial charge in [0.05, 0.1) is 0 Å². The molecule has 0 saturated heterocycles. The first kappa shape index (κ1) is 6.14. The lowest BCUT2D eigenvalue weighted by Gasteiger charge is -2.12. The average Bonchev–Trinajstić information content (AvgIpc) is 1.90. The van der Waals surface area contributed by atoms with Crippen molar-refractivity contribution in [3.63, 3.8) is 0 Å². The summed E-state index contributed by atoms with van der Waals surface area (Å²) >= 11 is 0. The molecule has 0 amide bonds. The Morgan fingerprint density at radius 2 is 2.56 bits per heavy atom. The van der Waals surface area contributed by atoms with E-state index in [1.54, 1.807) is 13.1 Å². The first-order valence-electron chi connectivity index (χ1n) is 2.83. The van der Waals surface area contributed by atoms with Gasteiger partial charge in [0, 0.05) is 19.2 Å². The summed E-state index contributed by atoms with van der Waals surface area (Å²) in [5.41, 5.74) is 3.80. The largest absolute Gasteiger partial charge is 0.289 e. The van der Waals surface area contributed by atoms with E-state index in [1.807, 2.05) is 12.2 Å². The van der Waals surface area contributed by atoms with Crippen molar-refractivity contribution >= 4 is 0 Å². The van der Waals surface area contributed by atoms with Crippen LogP contribution in [0.15, 0.2) is 29.7 Å². The molecule has 0 aromatic heterocycles. The first-order chi connectivity index (χ1) is 4.30. The van der Waals surface area contributed by atoms with Gasteiger partial charge in [-0.1, -0.05) is 0 Å². The van der Waals surface area contributed by atoms with E-state index in [9.17, 15) is 0 Å². The Kier molecular flexibility index (Phi) is 1.73. The van der Waals surface area contributed by atoms with E-state index in [1.165, 1.54) is 0 Å². The summed E-state index contributed by atoms with van der Waals surface area (Å²) in [6, 6.07) is 0. The SMILES string of the molecule is CN(O)C1=CC=C=CC1. The van der Waals surface area contributed by atoms with Gasteiger partial charge in [0.25, 0.3) is 0 Å². The fourth-order valence-electron chi connectivity index (χ4n) is 0.684. The number of hydroxylamine groups is 2. The van der Waals surface area contributed by atoms with Gasteiger partial charge < -0.3 is 0 Å². The second-order valence-electron chi connectivity index (χ2n) is 1.92. The van der Waals surface area contributed by atoms with Crippen molar-refractivity contribution in [2.75, 3.05) is 7.05 Å². The molecular weight excluding hydrogens is 114 g/mol. The zero-order valence-electron chi connectivity index (χ0n) is 5.33. The van der Waals surface area contributed by atoms with Gasteiger partial charge in [0.1, 0.15) is 0 Å². The number of hydrogen-bond donors (Lipinski definition) is 1. The highest BCUT2D eigenvalue weighted by Crippen LogP contribution is 2.07. The molecule has 0 aromatic rings. The quantitative estimate of drug-likeness (QED) is 0.419. The lowest BCUT2D eigenvalue weighted by molar-refractivity contribution is -0.0300. The molecule has 0 unspecified atom stereocenters. The molecule has 0 fully saturated rings. The second kappa shape index (κ2) is 2.53. The van der Waals surface area contributed by atoms with E-state index >= 15 is 0 Å². The normalized spacial score (nSPS) is 15.6. The van der Waals surface area contributed by atoms with Gasteiger partial charge >= 0.3 is 0 Å². The van der Waals surface area contributed by atoms with Crippen molar-refractivity contribution in [2.45, 2.75) is 6.42 Å². The monoisotopic (exact) mass is 123 g/mol. The summed E-state index contributed by atoms with van der Waals surface area (Å²) in [7, 11) is 1.61. The molecule has 0 saturated carbocycles. The third-order valence-corrected chi connectivity index (χ3v) is 1.22. The highest BCUT2D eigenvalue weighted by Gasteiger charge is 1.97. The van der Waals surface area contributed by atoms with Gasteiger partial charge in [-0.3, -0.25) is 10.3 Å². The van der Waals surface area contributed by atoms with Gasteiger partial charge in [0.2, 0.25) is 0 Å². The van der Waals surface area contributed by atoms with Crippen molar-refractivity contribution in [1.82, 2.24) is 5.06 Å². The van der Waals surface area contributed by atoms with E-state index in [2.05, 4.69) is 5.73 Å². The number of hydrogen-bond acceptors (Lipinski definition) is 2. The highest BCUT2D eigenvalue weighted by molar-refractivity contribution is 5.17. The molecule has 9 heavy (non-hydrogen) atoms. The van der Waals surface area contributed by atoms with Gasteiger partial charge in [-0.15, -0.1) is 5.73 Å². The fraction of sp³-hybridized carbons (Fsp3) is 0.286. The van der Waals surface area contributed by atoms with Crippen LogP contribution in [0.4, 0.5) is 0 Å². The molecule has 0 aliphatic heterocycles. The van der Waals surface area contributed by atoms with Crippen LogP contribution in [-0.2, 0) is 0 Å². The topological polar surface area (TPSA) is 23.5 Å². The third kappa shape index (κ3) is 1.46. The fourth-order valence-corrected chi connectivity index (χ4v) is 0.684. The average molecular weight is 123 g/mol. The standard InChI is InChI=1S/C7H9NO/c1-8(9)7-5-3-2-4-6-7/h3-5,9H,6H2,1H3. The van der Waals surface area contributed by atoms with E-state index < -0.39 is 0 Å². The second-order valence-corrected chi connectivity index (χ2v) is 1.92. The number of allylic oxidation sites excluding steroid dienone is 2. The Labute approximate surface area is 54.4 Å². The molecule has 48 valence electrons. The molecular formula is C7H9NO. The molecule has 1 rings (SSSR count). The van der Waals surface area contributed by atoms with Crippen LogP contribution < -0.4 is 0 Å². The lowest BCUT2D eigenvalue weighted by Crippen LogP contribution is -2.11. The molecule has 2 heteroatoms. The van der Waals surface area contributed by atoms with Crippen LogP contribution in [0.1, 0.15) is 6.42 Å². The maximum absolute atomic E-state index is 8.87. The van der Waals surface area contributed by atoms with Crippen LogP contribution in [0.25, 0.3) is 0 Å². The van der Waals surface area contributed by atoms with E-state index in [-0.39, 0.29) is 0 Å². The summed E-state index contributed by atoms with van der Waals surface area (Å²) in [6.07, 6.45) is 6.26. The Bertz CT molecular complexity index is 185. The smallest absolute Gasteiger partial charge is 0.0454 e. The zero-order chi connectivity index (χ0) is 6.69. The molecule has 0 atom stereocenters. The van der Waals surface area contributed by atoms with Gasteiger partial charge in [0.15, 0.2) is 0 Å². The molecule has 0 radical (unpaired) electrons. The molecule has 1 aliphatic rings. The van der Waals surface area contributed by atoms with Crippen LogP contribution in [0.2, 0.25) is 0 Å². The van der Waals surface area contributed by atoms with E-state index in [0.717, 1.165) is 17.2 Å². The van der Waals surface area contributed by atoms with Crippen LogP contribution in [-0.4, -0.2) is 17.3 Å². The predicted molar refractivity (Wildman–Crippen MR) is 34.9 cm³/mol. The van der Waals surface area contributed by atoms with Gasteiger partial charge in [-0.05, 0) is 18.2 Å². The molecule has 1 N–H and O–H groups in total. The van der Waals surface area contributed by atoms with Crippen molar-refractivity contribution < 1.29 is 5.21 Å². The molecule has 1 aliphatic carbocycles. The summed E-state index contributed by atoms with van der Waals surface area (Å²) in [5.74, 6) is 0.